The molecule has 0 spiro atoms. The zero-order valence-corrected chi connectivity index (χ0v) is 18.5. The lowest BCUT2D eigenvalue weighted by molar-refractivity contribution is 0.354. The van der Waals surface area contributed by atoms with Gasteiger partial charge in [0.1, 0.15) is 17.5 Å². The van der Waals surface area contributed by atoms with Crippen molar-refractivity contribution in [3.05, 3.63) is 53.0 Å². The van der Waals surface area contributed by atoms with Crippen molar-refractivity contribution in [1.82, 2.24) is 24.7 Å². The Bertz CT molecular complexity index is 1020. The Morgan fingerprint density at radius 2 is 1.79 bits per heavy atom. The topological polar surface area (TPSA) is 75.0 Å². The van der Waals surface area contributed by atoms with E-state index in [0.717, 1.165) is 28.7 Å². The van der Waals surface area contributed by atoms with E-state index >= 15 is 0 Å². The van der Waals surface area contributed by atoms with Crippen molar-refractivity contribution in [1.29, 1.82) is 0 Å². The van der Waals surface area contributed by atoms with Gasteiger partial charge in [0.05, 0.1) is 19.9 Å². The molecular weight excluding hydrogens is 469 g/mol. The third-order valence-electron chi connectivity index (χ3n) is 4.74. The van der Waals surface area contributed by atoms with Gasteiger partial charge in [0.25, 0.3) is 0 Å². The number of ether oxygens (including phenoxy) is 2. The first kappa shape index (κ1) is 19.1. The number of alkyl halides is 1. The van der Waals surface area contributed by atoms with Crippen LogP contribution in [0.15, 0.2) is 24.3 Å². The van der Waals surface area contributed by atoms with Crippen molar-refractivity contribution in [2.24, 2.45) is 0 Å². The van der Waals surface area contributed by atoms with Gasteiger partial charge in [-0.3, -0.25) is 0 Å². The summed E-state index contributed by atoms with van der Waals surface area (Å²) in [5.74, 6) is 4.99. The molecule has 1 fully saturated rings. The van der Waals surface area contributed by atoms with Crippen molar-refractivity contribution < 1.29 is 9.47 Å². The average molecular weight is 491 g/mol. The van der Waals surface area contributed by atoms with Crippen molar-refractivity contribution in [3.8, 4) is 17.3 Å². The third-order valence-corrected chi connectivity index (χ3v) is 6.12. The number of aromatic nitrogens is 5. The number of halogens is 1. The van der Waals surface area contributed by atoms with Gasteiger partial charge in [-0.25, -0.2) is 15.0 Å². The molecule has 0 amide bonds. The Hall–Kier alpha value is -2.23. The zero-order chi connectivity index (χ0) is 19.8. The Labute approximate surface area is 177 Å². The number of benzene rings is 1. The maximum absolute atomic E-state index is 5.42. The van der Waals surface area contributed by atoms with E-state index < -0.39 is 0 Å². The highest BCUT2D eigenvalue weighted by Crippen LogP contribution is 2.46. The Kier molecular flexibility index (Phi) is 5.22. The molecule has 2 atom stereocenters. The van der Waals surface area contributed by atoms with Crippen LogP contribution in [0.2, 0.25) is 0 Å². The van der Waals surface area contributed by atoms with Crippen LogP contribution in [0.5, 0.6) is 11.5 Å². The Morgan fingerprint density at radius 1 is 1.04 bits per heavy atom. The first-order chi connectivity index (χ1) is 13.5. The van der Waals surface area contributed by atoms with Crippen LogP contribution in [0.3, 0.4) is 0 Å². The van der Waals surface area contributed by atoms with Crippen LogP contribution in [-0.2, 0) is 6.42 Å². The quantitative estimate of drug-likeness (QED) is 0.388. The summed E-state index contributed by atoms with van der Waals surface area (Å²) < 4.78 is 13.2. The number of aryl methyl sites for hydroxylation is 2. The van der Waals surface area contributed by atoms with Crippen molar-refractivity contribution in [2.45, 2.75) is 36.5 Å². The van der Waals surface area contributed by atoms with E-state index in [1.54, 1.807) is 14.2 Å². The molecule has 0 N–H and O–H groups in total. The minimum atomic E-state index is 0.514. The van der Waals surface area contributed by atoms with Crippen molar-refractivity contribution in [3.63, 3.8) is 0 Å². The van der Waals surface area contributed by atoms with Gasteiger partial charge >= 0.3 is 0 Å². The summed E-state index contributed by atoms with van der Waals surface area (Å²) in [7, 11) is 3.27. The highest BCUT2D eigenvalue weighted by Gasteiger charge is 2.37. The second kappa shape index (κ2) is 7.65. The molecule has 1 aliphatic carbocycles. The number of nitrogens with zero attached hydrogens (tertiary/aromatic N) is 5. The SMILES string of the molecule is COc1ccc(Cc2nc(C)nn2-c2cc(C3CC3I)nc(C)n2)cc1OC. The first-order valence-corrected chi connectivity index (χ1v) is 10.4. The van der Waals surface area contributed by atoms with Crippen LogP contribution < -0.4 is 9.47 Å². The predicted molar refractivity (Wildman–Crippen MR) is 114 cm³/mol. The molecular formula is C20H22IN5O2. The summed E-state index contributed by atoms with van der Waals surface area (Å²) in [5, 5.41) is 4.59. The van der Waals surface area contributed by atoms with E-state index in [9.17, 15) is 0 Å². The molecule has 0 saturated heterocycles. The van der Waals surface area contributed by atoms with Crippen molar-refractivity contribution in [2.75, 3.05) is 14.2 Å². The monoisotopic (exact) mass is 491 g/mol. The van der Waals surface area contributed by atoms with Gasteiger partial charge < -0.3 is 9.47 Å². The number of hydrogen-bond donors (Lipinski definition) is 0. The Balaban J connectivity index is 1.69. The van der Waals surface area contributed by atoms with Gasteiger partial charge in [-0.15, -0.1) is 5.10 Å². The van der Waals surface area contributed by atoms with Crippen LogP contribution in [0.25, 0.3) is 5.82 Å². The fourth-order valence-electron chi connectivity index (χ4n) is 3.27. The van der Waals surface area contributed by atoms with Gasteiger partial charge in [0.2, 0.25) is 0 Å². The smallest absolute Gasteiger partial charge is 0.161 e. The largest absolute Gasteiger partial charge is 0.493 e. The Morgan fingerprint density at radius 3 is 2.46 bits per heavy atom. The maximum atomic E-state index is 5.42. The summed E-state index contributed by atoms with van der Waals surface area (Å²) >= 11 is 2.48. The van der Waals surface area contributed by atoms with Gasteiger partial charge in [0, 0.05) is 22.3 Å². The van der Waals surface area contributed by atoms with E-state index in [2.05, 4.69) is 42.6 Å². The summed E-state index contributed by atoms with van der Waals surface area (Å²) in [6.07, 6.45) is 1.78. The minimum Gasteiger partial charge on any atom is -0.493 e. The third kappa shape index (κ3) is 3.82. The van der Waals surface area contributed by atoms with Crippen LogP contribution in [-0.4, -0.2) is 42.9 Å². The lowest BCUT2D eigenvalue weighted by Gasteiger charge is -2.11. The standard InChI is InChI=1S/C20H22IN5O2/c1-11-22-16(14-9-15(14)21)10-20(23-11)26-19(24-12(2)25-26)8-13-5-6-17(27-3)18(7-13)28-4/h5-7,10,14-15H,8-9H2,1-4H3. The normalized spacial score (nSPS) is 18.2. The van der Waals surface area contributed by atoms with Crippen LogP contribution in [0.1, 0.15) is 41.1 Å². The van der Waals surface area contributed by atoms with E-state index in [1.165, 1.54) is 6.42 Å². The molecule has 1 saturated carbocycles. The molecule has 7 nitrogen and oxygen atoms in total. The molecule has 8 heteroatoms. The predicted octanol–water partition coefficient (Wildman–Crippen LogP) is 3.57. The molecule has 2 aromatic heterocycles. The second-order valence-corrected chi connectivity index (χ2v) is 8.51. The van der Waals surface area contributed by atoms with Gasteiger partial charge in [-0.2, -0.15) is 4.68 Å². The van der Waals surface area contributed by atoms with Gasteiger partial charge in [0.15, 0.2) is 17.3 Å². The zero-order valence-electron chi connectivity index (χ0n) is 16.3. The summed E-state index contributed by atoms with van der Waals surface area (Å²) in [4.78, 5) is 13.9. The van der Waals surface area contributed by atoms with Gasteiger partial charge in [-0.05, 0) is 38.0 Å². The lowest BCUT2D eigenvalue weighted by atomic mass is 10.1. The number of methoxy groups -OCH3 is 2. The van der Waals surface area contributed by atoms with E-state index in [0.29, 0.717) is 33.6 Å². The van der Waals surface area contributed by atoms with E-state index in [-0.39, 0.29) is 0 Å². The second-order valence-electron chi connectivity index (χ2n) is 6.91. The maximum Gasteiger partial charge on any atom is 0.161 e. The van der Waals surface area contributed by atoms with Gasteiger partial charge in [-0.1, -0.05) is 28.7 Å². The van der Waals surface area contributed by atoms with Crippen LogP contribution >= 0.6 is 22.6 Å². The highest BCUT2D eigenvalue weighted by molar-refractivity contribution is 14.1. The fraction of sp³-hybridized carbons (Fsp3) is 0.400. The van der Waals surface area contributed by atoms with Crippen molar-refractivity contribution >= 4 is 22.6 Å². The molecule has 0 bridgehead atoms. The summed E-state index contributed by atoms with van der Waals surface area (Å²) in [6, 6.07) is 7.93. The lowest BCUT2D eigenvalue weighted by Crippen LogP contribution is -2.09. The molecule has 2 unspecified atom stereocenters. The highest BCUT2D eigenvalue weighted by atomic mass is 127. The first-order valence-electron chi connectivity index (χ1n) is 9.12. The molecule has 4 rings (SSSR count). The molecule has 0 radical (unpaired) electrons. The molecule has 28 heavy (non-hydrogen) atoms. The van der Waals surface area contributed by atoms with E-state index in [4.69, 9.17) is 9.47 Å². The summed E-state index contributed by atoms with van der Waals surface area (Å²) in [5.41, 5.74) is 2.15. The fourth-order valence-corrected chi connectivity index (χ4v) is 4.19. The van der Waals surface area contributed by atoms with E-state index in [1.807, 2.05) is 42.8 Å². The molecule has 2 heterocycles. The number of hydrogen-bond acceptors (Lipinski definition) is 6. The molecule has 0 aliphatic heterocycles. The average Bonchev–Trinajstić information content (AvgIpc) is 3.30. The number of rotatable bonds is 6. The van der Waals surface area contributed by atoms with Crippen LogP contribution in [0.4, 0.5) is 0 Å². The molecule has 3 aromatic rings. The molecule has 1 aliphatic rings. The summed E-state index contributed by atoms with van der Waals surface area (Å²) in [6.45, 7) is 3.82. The molecule has 146 valence electrons. The minimum absolute atomic E-state index is 0.514. The van der Waals surface area contributed by atoms with Crippen LogP contribution in [0, 0.1) is 13.8 Å². The molecule has 1 aromatic carbocycles.